The Morgan fingerprint density at radius 3 is 2.53 bits per heavy atom. The fourth-order valence-corrected chi connectivity index (χ4v) is 2.67. The number of benzene rings is 1. The van der Waals surface area contributed by atoms with Crippen LogP contribution in [-0.4, -0.2) is 11.3 Å². The van der Waals surface area contributed by atoms with Crippen LogP contribution in [-0.2, 0) is 12.8 Å². The molecule has 2 aromatic rings. The summed E-state index contributed by atoms with van der Waals surface area (Å²) in [5.74, 6) is 0. The average Bonchev–Trinajstić information content (AvgIpc) is 2.35. The number of nitrogens with zero attached hydrogens (tertiary/aromatic N) is 1. The Hall–Kier alpha value is -1.41. The Labute approximate surface area is 105 Å². The molecule has 2 nitrogen and oxygen atoms in total. The molecule has 1 aliphatic rings. The largest absolute Gasteiger partial charge is 0.298 e. The first-order valence-corrected chi connectivity index (χ1v) is 6.23. The quantitative estimate of drug-likeness (QED) is 0.568. The Kier molecular flexibility index (Phi) is 2.60. The van der Waals surface area contributed by atoms with Gasteiger partial charge in [0, 0.05) is 5.39 Å². The summed E-state index contributed by atoms with van der Waals surface area (Å²) >= 11 is 5.94. The highest BCUT2D eigenvalue weighted by molar-refractivity contribution is 6.32. The summed E-state index contributed by atoms with van der Waals surface area (Å²) < 4.78 is 0. The van der Waals surface area contributed by atoms with Gasteiger partial charge in [0.25, 0.3) is 0 Å². The first-order valence-electron chi connectivity index (χ1n) is 5.85. The number of hydrogen-bond donors (Lipinski definition) is 0. The molecule has 0 saturated carbocycles. The number of halogens is 1. The van der Waals surface area contributed by atoms with Crippen molar-refractivity contribution in [2.45, 2.75) is 25.7 Å². The van der Waals surface area contributed by atoms with E-state index in [1.165, 1.54) is 24.0 Å². The molecule has 3 rings (SSSR count). The lowest BCUT2D eigenvalue weighted by molar-refractivity contribution is 0.112. The third-order valence-corrected chi connectivity index (χ3v) is 3.69. The van der Waals surface area contributed by atoms with Crippen LogP contribution in [0.3, 0.4) is 0 Å². The summed E-state index contributed by atoms with van der Waals surface area (Å²) in [5.41, 5.74) is 4.13. The molecule has 0 unspecified atom stereocenters. The summed E-state index contributed by atoms with van der Waals surface area (Å²) in [5, 5.41) is 1.31. The first kappa shape index (κ1) is 10.7. The molecule has 0 N–H and O–H groups in total. The van der Waals surface area contributed by atoms with Gasteiger partial charge in [-0.3, -0.25) is 4.79 Å². The monoisotopic (exact) mass is 245 g/mol. The standard InChI is InChI=1S/C14H12ClNO/c15-14-12(8-17)6-11-5-9-3-1-2-4-10(9)7-13(11)16-14/h5-8H,1-4H2. The zero-order chi connectivity index (χ0) is 11.8. The highest BCUT2D eigenvalue weighted by atomic mass is 35.5. The smallest absolute Gasteiger partial charge is 0.153 e. The van der Waals surface area contributed by atoms with E-state index in [2.05, 4.69) is 17.1 Å². The lowest BCUT2D eigenvalue weighted by atomic mass is 9.90. The van der Waals surface area contributed by atoms with Crippen molar-refractivity contribution in [2.24, 2.45) is 0 Å². The van der Waals surface area contributed by atoms with E-state index in [4.69, 9.17) is 11.6 Å². The van der Waals surface area contributed by atoms with Gasteiger partial charge in [-0.15, -0.1) is 0 Å². The number of fused-ring (bicyclic) bond motifs is 2. The predicted molar refractivity (Wildman–Crippen MR) is 68.8 cm³/mol. The molecule has 86 valence electrons. The second kappa shape index (κ2) is 4.11. The molecule has 3 heteroatoms. The van der Waals surface area contributed by atoms with Crippen molar-refractivity contribution in [1.82, 2.24) is 4.98 Å². The summed E-state index contributed by atoms with van der Waals surface area (Å²) in [6, 6.07) is 6.09. The van der Waals surface area contributed by atoms with Crippen molar-refractivity contribution in [3.8, 4) is 0 Å². The van der Waals surface area contributed by atoms with E-state index in [0.29, 0.717) is 10.7 Å². The Morgan fingerprint density at radius 2 is 1.82 bits per heavy atom. The number of carbonyl (C=O) groups is 1. The van der Waals surface area contributed by atoms with Crippen LogP contribution in [0.15, 0.2) is 18.2 Å². The van der Waals surface area contributed by atoms with E-state index in [1.807, 2.05) is 6.07 Å². The number of rotatable bonds is 1. The molecule has 1 aromatic carbocycles. The van der Waals surface area contributed by atoms with Crippen molar-refractivity contribution in [1.29, 1.82) is 0 Å². The Balaban J connectivity index is 2.26. The number of pyridine rings is 1. The van der Waals surface area contributed by atoms with E-state index < -0.39 is 0 Å². The minimum absolute atomic E-state index is 0.295. The van der Waals surface area contributed by atoms with Crippen LogP contribution in [0.2, 0.25) is 5.15 Å². The molecule has 0 spiro atoms. The van der Waals surface area contributed by atoms with Crippen molar-refractivity contribution >= 4 is 28.8 Å². The highest BCUT2D eigenvalue weighted by Crippen LogP contribution is 2.27. The summed E-state index contributed by atoms with van der Waals surface area (Å²) in [6.45, 7) is 0. The van der Waals surface area contributed by atoms with Crippen LogP contribution in [0.4, 0.5) is 0 Å². The zero-order valence-electron chi connectivity index (χ0n) is 9.37. The number of aldehydes is 1. The second-order valence-corrected chi connectivity index (χ2v) is 4.86. The Morgan fingerprint density at radius 1 is 1.12 bits per heavy atom. The van der Waals surface area contributed by atoms with Crippen LogP contribution in [0.1, 0.15) is 34.3 Å². The van der Waals surface area contributed by atoms with Crippen molar-refractivity contribution < 1.29 is 4.79 Å². The van der Waals surface area contributed by atoms with E-state index in [0.717, 1.165) is 30.0 Å². The van der Waals surface area contributed by atoms with Gasteiger partial charge in [0.2, 0.25) is 0 Å². The zero-order valence-corrected chi connectivity index (χ0v) is 10.1. The molecule has 0 radical (unpaired) electrons. The lowest BCUT2D eigenvalue weighted by Gasteiger charge is -2.16. The van der Waals surface area contributed by atoms with E-state index in [9.17, 15) is 4.79 Å². The van der Waals surface area contributed by atoms with Crippen LogP contribution in [0, 0.1) is 0 Å². The molecule has 0 fully saturated rings. The molecule has 1 aliphatic carbocycles. The van der Waals surface area contributed by atoms with Crippen LogP contribution < -0.4 is 0 Å². The second-order valence-electron chi connectivity index (χ2n) is 4.51. The molecule has 17 heavy (non-hydrogen) atoms. The number of carbonyl (C=O) groups excluding carboxylic acids is 1. The van der Waals surface area contributed by atoms with Gasteiger partial charge in [0.05, 0.1) is 11.1 Å². The summed E-state index contributed by atoms with van der Waals surface area (Å²) in [4.78, 5) is 15.1. The number of aromatic nitrogens is 1. The van der Waals surface area contributed by atoms with Gasteiger partial charge in [0.15, 0.2) is 6.29 Å². The van der Waals surface area contributed by atoms with Gasteiger partial charge >= 0.3 is 0 Å². The fraction of sp³-hybridized carbons (Fsp3) is 0.286. The maximum Gasteiger partial charge on any atom is 0.153 e. The normalized spacial score (nSPS) is 14.6. The number of aryl methyl sites for hydroxylation is 2. The van der Waals surface area contributed by atoms with E-state index in [-0.39, 0.29) is 0 Å². The van der Waals surface area contributed by atoms with Gasteiger partial charge in [0.1, 0.15) is 5.15 Å². The highest BCUT2D eigenvalue weighted by Gasteiger charge is 2.12. The molecule has 0 aliphatic heterocycles. The average molecular weight is 246 g/mol. The third-order valence-electron chi connectivity index (χ3n) is 3.39. The van der Waals surface area contributed by atoms with Crippen molar-refractivity contribution in [3.05, 3.63) is 40.0 Å². The predicted octanol–water partition coefficient (Wildman–Crippen LogP) is 3.58. The molecule has 1 heterocycles. The molecule has 1 aromatic heterocycles. The molecular formula is C14H12ClNO. The van der Waals surface area contributed by atoms with E-state index >= 15 is 0 Å². The summed E-state index contributed by atoms with van der Waals surface area (Å²) in [7, 11) is 0. The SMILES string of the molecule is O=Cc1cc2cc3c(cc2nc1Cl)CCCC3. The van der Waals surface area contributed by atoms with Crippen LogP contribution in [0.5, 0.6) is 0 Å². The third kappa shape index (κ3) is 1.83. The first-order chi connectivity index (χ1) is 8.28. The van der Waals surface area contributed by atoms with Gasteiger partial charge < -0.3 is 0 Å². The van der Waals surface area contributed by atoms with E-state index in [1.54, 1.807) is 0 Å². The molecule has 0 bridgehead atoms. The molecule has 0 atom stereocenters. The molecule has 0 amide bonds. The minimum Gasteiger partial charge on any atom is -0.298 e. The molecule has 0 saturated heterocycles. The van der Waals surface area contributed by atoms with Crippen molar-refractivity contribution in [3.63, 3.8) is 0 Å². The summed E-state index contributed by atoms with van der Waals surface area (Å²) in [6.07, 6.45) is 5.51. The van der Waals surface area contributed by atoms with Crippen LogP contribution >= 0.6 is 11.6 Å². The van der Waals surface area contributed by atoms with Crippen molar-refractivity contribution in [2.75, 3.05) is 0 Å². The fourth-order valence-electron chi connectivity index (χ4n) is 2.48. The van der Waals surface area contributed by atoms with Gasteiger partial charge in [-0.25, -0.2) is 4.98 Å². The van der Waals surface area contributed by atoms with Crippen LogP contribution in [0.25, 0.3) is 10.9 Å². The maximum absolute atomic E-state index is 10.8. The minimum atomic E-state index is 0.295. The lowest BCUT2D eigenvalue weighted by Crippen LogP contribution is -2.03. The van der Waals surface area contributed by atoms with Gasteiger partial charge in [-0.2, -0.15) is 0 Å². The van der Waals surface area contributed by atoms with Gasteiger partial charge in [-0.1, -0.05) is 11.6 Å². The van der Waals surface area contributed by atoms with Gasteiger partial charge in [-0.05, 0) is 55.0 Å². The molecular weight excluding hydrogens is 234 g/mol. The Bertz CT molecular complexity index is 607. The topological polar surface area (TPSA) is 30.0 Å². The maximum atomic E-state index is 10.8. The number of hydrogen-bond acceptors (Lipinski definition) is 2.